The Bertz CT molecular complexity index is 2020. The van der Waals surface area contributed by atoms with Gasteiger partial charge < -0.3 is 15.0 Å². The van der Waals surface area contributed by atoms with E-state index in [9.17, 15) is 14.0 Å². The lowest BCUT2D eigenvalue weighted by Gasteiger charge is -2.33. The van der Waals surface area contributed by atoms with Crippen LogP contribution in [0.15, 0.2) is 60.5 Å². The minimum atomic E-state index is -0.785. The largest absolute Gasteiger partial charge is 0.496 e. The monoisotopic (exact) mass is 611 g/mol. The van der Waals surface area contributed by atoms with Crippen molar-refractivity contribution in [3.8, 4) is 39.5 Å². The number of amides is 2. The Labute approximate surface area is 255 Å². The smallest absolute Gasteiger partial charge is 0.251 e. The van der Waals surface area contributed by atoms with E-state index in [1.165, 1.54) is 24.5 Å². The number of carbonyl (C=O) groups is 2. The number of benzene rings is 2. The van der Waals surface area contributed by atoms with Gasteiger partial charge in [0.2, 0.25) is 5.91 Å². The summed E-state index contributed by atoms with van der Waals surface area (Å²) < 4.78 is 38.2. The van der Waals surface area contributed by atoms with E-state index in [0.717, 1.165) is 39.0 Å². The summed E-state index contributed by atoms with van der Waals surface area (Å²) in [6, 6.07) is 11.2. The van der Waals surface area contributed by atoms with Crippen LogP contribution in [0.1, 0.15) is 34.6 Å². The van der Waals surface area contributed by atoms with E-state index >= 15 is 4.39 Å². The van der Waals surface area contributed by atoms with Crippen LogP contribution in [-0.4, -0.2) is 51.7 Å². The highest BCUT2D eigenvalue weighted by atomic mass is 32.1. The third kappa shape index (κ3) is 4.38. The van der Waals surface area contributed by atoms with Crippen molar-refractivity contribution in [1.82, 2.24) is 25.0 Å². The number of hydrogen-bond donors (Lipinski definition) is 1. The summed E-state index contributed by atoms with van der Waals surface area (Å²) in [5.74, 6) is -1.79. The molecule has 5 heterocycles. The highest BCUT2D eigenvalue weighted by molar-refractivity contribution is 7.18. The molecule has 0 fully saturated rings. The Balaban J connectivity index is 1.50. The summed E-state index contributed by atoms with van der Waals surface area (Å²) in [6.45, 7) is 7.02. The molecule has 1 unspecified atom stereocenters. The molecule has 0 spiro atoms. The molecule has 3 aromatic heterocycles. The fraction of sp³-hybridized carbons (Fsp3) is 0.212. The molecule has 2 aliphatic heterocycles. The van der Waals surface area contributed by atoms with Gasteiger partial charge in [-0.05, 0) is 54.6 Å². The number of pyridine rings is 1. The van der Waals surface area contributed by atoms with E-state index in [1.54, 1.807) is 11.0 Å². The van der Waals surface area contributed by atoms with Gasteiger partial charge in [0.05, 0.1) is 36.6 Å². The molecule has 0 bridgehead atoms. The van der Waals surface area contributed by atoms with Crippen LogP contribution in [0.25, 0.3) is 43.9 Å². The lowest BCUT2D eigenvalue weighted by Crippen LogP contribution is -2.40. The van der Waals surface area contributed by atoms with Crippen LogP contribution in [0.5, 0.6) is 5.75 Å². The molecule has 2 amide bonds. The quantitative estimate of drug-likeness (QED) is 0.241. The van der Waals surface area contributed by atoms with Crippen molar-refractivity contribution in [1.29, 1.82) is 0 Å². The second kappa shape index (κ2) is 10.7. The first-order valence-electron chi connectivity index (χ1n) is 14.2. The van der Waals surface area contributed by atoms with E-state index in [2.05, 4.69) is 11.9 Å². The number of nitrogens with one attached hydrogen (secondary N) is 1. The van der Waals surface area contributed by atoms with E-state index in [0.29, 0.717) is 54.3 Å². The minimum absolute atomic E-state index is 0.0351. The van der Waals surface area contributed by atoms with Crippen molar-refractivity contribution in [2.75, 3.05) is 20.2 Å². The number of halogens is 2. The fourth-order valence-corrected chi connectivity index (χ4v) is 7.18. The second-order valence-corrected chi connectivity index (χ2v) is 11.7. The van der Waals surface area contributed by atoms with Gasteiger partial charge in [0.15, 0.2) is 0 Å². The Morgan fingerprint density at radius 2 is 1.98 bits per heavy atom. The van der Waals surface area contributed by atoms with Crippen molar-refractivity contribution in [3.05, 3.63) is 89.0 Å². The van der Waals surface area contributed by atoms with Gasteiger partial charge >= 0.3 is 0 Å². The number of rotatable bonds is 5. The molecule has 0 aliphatic carbocycles. The maximum Gasteiger partial charge on any atom is 0.251 e. The molecule has 44 heavy (non-hydrogen) atoms. The van der Waals surface area contributed by atoms with Gasteiger partial charge in [0, 0.05) is 52.0 Å². The predicted octanol–water partition coefficient (Wildman–Crippen LogP) is 6.16. The Morgan fingerprint density at radius 1 is 1.14 bits per heavy atom. The Hall–Kier alpha value is -4.90. The molecular formula is C33H27F2N5O3S. The first-order chi connectivity index (χ1) is 21.3. The summed E-state index contributed by atoms with van der Waals surface area (Å²) in [5, 5.41) is 10.4. The average Bonchev–Trinajstić information content (AvgIpc) is 3.68. The lowest BCUT2D eigenvalue weighted by molar-refractivity contribution is -0.129. The molecule has 8 nitrogen and oxygen atoms in total. The number of methoxy groups -OCH3 is 1. The van der Waals surface area contributed by atoms with Crippen LogP contribution in [0.4, 0.5) is 8.78 Å². The van der Waals surface area contributed by atoms with Crippen LogP contribution in [0.2, 0.25) is 0 Å². The third-order valence-corrected chi connectivity index (χ3v) is 9.29. The van der Waals surface area contributed by atoms with Gasteiger partial charge in [-0.1, -0.05) is 12.6 Å². The van der Waals surface area contributed by atoms with E-state index in [4.69, 9.17) is 14.8 Å². The summed E-state index contributed by atoms with van der Waals surface area (Å²) in [6.07, 6.45) is 1.99. The Morgan fingerprint density at radius 3 is 2.77 bits per heavy atom. The molecule has 11 heteroatoms. The van der Waals surface area contributed by atoms with Gasteiger partial charge in [-0.15, -0.1) is 11.3 Å². The highest BCUT2D eigenvalue weighted by Crippen LogP contribution is 2.47. The third-order valence-electron chi connectivity index (χ3n) is 8.36. The van der Waals surface area contributed by atoms with Gasteiger partial charge in [-0.3, -0.25) is 14.3 Å². The first-order valence-corrected chi connectivity index (χ1v) is 15.0. The molecule has 222 valence electrons. The molecule has 5 aromatic rings. The normalized spacial score (nSPS) is 16.0. The summed E-state index contributed by atoms with van der Waals surface area (Å²) >= 11 is 1.41. The van der Waals surface area contributed by atoms with Crippen molar-refractivity contribution in [2.24, 2.45) is 0 Å². The van der Waals surface area contributed by atoms with Crippen molar-refractivity contribution < 1.29 is 23.1 Å². The standard InChI is InChI=1S/C33H27F2N5O3S/c1-4-27(41)39-10-11-40-25(17(39)2)16-24(38-40)31-29(28-23(35)14-20(34)15-26(28)43-3)32-22(8-12-44-32)30(37-31)19-5-6-21-18(13-19)7-9-36-33(21)42/h4-6,8,12-17H,1,7,9-11H2,2-3H3,(H,36,42). The van der Waals surface area contributed by atoms with Gasteiger partial charge in [-0.25, -0.2) is 13.8 Å². The van der Waals surface area contributed by atoms with Crippen molar-refractivity contribution >= 4 is 33.2 Å². The van der Waals surface area contributed by atoms with Crippen LogP contribution >= 0.6 is 11.3 Å². The van der Waals surface area contributed by atoms with E-state index in [1.807, 2.05) is 41.3 Å². The average molecular weight is 612 g/mol. The van der Waals surface area contributed by atoms with Crippen molar-refractivity contribution in [3.63, 3.8) is 0 Å². The van der Waals surface area contributed by atoms with E-state index in [-0.39, 0.29) is 29.2 Å². The maximum atomic E-state index is 15.8. The topological polar surface area (TPSA) is 89.4 Å². The van der Waals surface area contributed by atoms with Crippen LogP contribution in [0, 0.1) is 11.6 Å². The minimum Gasteiger partial charge on any atom is -0.496 e. The molecule has 0 saturated heterocycles. The molecular weight excluding hydrogens is 584 g/mol. The molecule has 1 atom stereocenters. The summed E-state index contributed by atoms with van der Waals surface area (Å²) in [7, 11) is 1.37. The zero-order valence-electron chi connectivity index (χ0n) is 24.0. The van der Waals surface area contributed by atoms with Gasteiger partial charge in [-0.2, -0.15) is 5.10 Å². The highest BCUT2D eigenvalue weighted by Gasteiger charge is 2.31. The molecule has 1 N–H and O–H groups in total. The fourth-order valence-electron chi connectivity index (χ4n) is 6.23. The number of hydrogen-bond acceptors (Lipinski definition) is 6. The van der Waals surface area contributed by atoms with Gasteiger partial charge in [0.25, 0.3) is 5.91 Å². The number of ether oxygens (including phenoxy) is 1. The molecule has 7 rings (SSSR count). The predicted molar refractivity (Wildman–Crippen MR) is 165 cm³/mol. The number of fused-ring (bicyclic) bond motifs is 3. The summed E-state index contributed by atoms with van der Waals surface area (Å²) in [5.41, 5.74) is 5.21. The van der Waals surface area contributed by atoms with Gasteiger partial charge in [0.1, 0.15) is 28.8 Å². The van der Waals surface area contributed by atoms with Crippen LogP contribution < -0.4 is 10.1 Å². The van der Waals surface area contributed by atoms with Crippen molar-refractivity contribution in [2.45, 2.75) is 25.9 Å². The SMILES string of the molecule is C=CC(=O)N1CCn2nc(-c3nc(-c4ccc5c(c4)CCNC5=O)c4ccsc4c3-c3c(F)cc(F)cc3OC)cc2C1C. The summed E-state index contributed by atoms with van der Waals surface area (Å²) in [4.78, 5) is 31.8. The van der Waals surface area contributed by atoms with Crippen LogP contribution in [-0.2, 0) is 17.8 Å². The van der Waals surface area contributed by atoms with Crippen LogP contribution in [0.3, 0.4) is 0 Å². The number of aromatic nitrogens is 3. The number of nitrogens with zero attached hydrogens (tertiary/aromatic N) is 4. The second-order valence-electron chi connectivity index (χ2n) is 10.8. The molecule has 0 saturated carbocycles. The number of carbonyl (C=O) groups excluding carboxylic acids is 2. The Kier molecular flexibility index (Phi) is 6.77. The zero-order chi connectivity index (χ0) is 30.7. The maximum absolute atomic E-state index is 15.8. The number of thiophene rings is 1. The molecule has 0 radical (unpaired) electrons. The molecule has 2 aliphatic rings. The lowest BCUT2D eigenvalue weighted by atomic mass is 9.93. The first kappa shape index (κ1) is 27.9. The zero-order valence-corrected chi connectivity index (χ0v) is 24.8. The molecule has 2 aromatic carbocycles. The van der Waals surface area contributed by atoms with E-state index < -0.39 is 11.6 Å².